The molecule has 0 saturated carbocycles. The summed E-state index contributed by atoms with van der Waals surface area (Å²) in [6, 6.07) is 8.44. The molecule has 0 bridgehead atoms. The van der Waals surface area contributed by atoms with Gasteiger partial charge in [-0.1, -0.05) is 6.07 Å². The van der Waals surface area contributed by atoms with E-state index in [0.717, 1.165) is 4.88 Å². The molecule has 0 N–H and O–H groups in total. The van der Waals surface area contributed by atoms with Gasteiger partial charge < -0.3 is 9.47 Å². The van der Waals surface area contributed by atoms with Crippen LogP contribution < -0.4 is 0 Å². The molecular formula is C11H10O2S2. The highest BCUT2D eigenvalue weighted by Crippen LogP contribution is 2.36. The molecule has 1 aliphatic heterocycles. The summed E-state index contributed by atoms with van der Waals surface area (Å²) >= 11 is 3.51. The van der Waals surface area contributed by atoms with Crippen LogP contribution in [0.4, 0.5) is 0 Å². The Morgan fingerprint density at radius 3 is 2.67 bits per heavy atom. The molecule has 15 heavy (non-hydrogen) atoms. The molecule has 0 unspecified atom stereocenters. The van der Waals surface area contributed by atoms with Crippen LogP contribution in [0.5, 0.6) is 0 Å². The van der Waals surface area contributed by atoms with Crippen molar-refractivity contribution in [3.63, 3.8) is 0 Å². The number of hydrogen-bond acceptors (Lipinski definition) is 4. The van der Waals surface area contributed by atoms with Gasteiger partial charge in [-0.25, -0.2) is 0 Å². The van der Waals surface area contributed by atoms with Crippen LogP contribution in [0, 0.1) is 0 Å². The molecule has 4 heteroatoms. The van der Waals surface area contributed by atoms with E-state index in [9.17, 15) is 0 Å². The fourth-order valence-corrected chi connectivity index (χ4v) is 3.39. The summed E-state index contributed by atoms with van der Waals surface area (Å²) in [6.45, 7) is 1.41. The van der Waals surface area contributed by atoms with E-state index in [1.807, 2.05) is 0 Å². The Morgan fingerprint density at radius 1 is 1.07 bits per heavy atom. The van der Waals surface area contributed by atoms with Crippen LogP contribution >= 0.6 is 22.7 Å². The van der Waals surface area contributed by atoms with E-state index in [0.29, 0.717) is 13.2 Å². The van der Waals surface area contributed by atoms with E-state index in [4.69, 9.17) is 9.47 Å². The van der Waals surface area contributed by atoms with Crippen LogP contribution in [-0.2, 0) is 9.47 Å². The average molecular weight is 238 g/mol. The van der Waals surface area contributed by atoms with Gasteiger partial charge in [0.15, 0.2) is 6.29 Å². The molecule has 0 atom stereocenters. The largest absolute Gasteiger partial charge is 0.345 e. The Balaban J connectivity index is 1.87. The monoisotopic (exact) mass is 238 g/mol. The Bertz CT molecular complexity index is 427. The molecule has 0 radical (unpaired) electrons. The number of thiophene rings is 2. The summed E-state index contributed by atoms with van der Waals surface area (Å²) in [5, 5.41) is 2.09. The van der Waals surface area contributed by atoms with Crippen molar-refractivity contribution >= 4 is 22.7 Å². The third kappa shape index (κ3) is 1.86. The van der Waals surface area contributed by atoms with Crippen LogP contribution in [0.25, 0.3) is 9.75 Å². The fourth-order valence-electron chi connectivity index (χ4n) is 1.55. The van der Waals surface area contributed by atoms with Crippen LogP contribution in [0.1, 0.15) is 11.2 Å². The summed E-state index contributed by atoms with van der Waals surface area (Å²) in [4.78, 5) is 3.76. The molecule has 0 spiro atoms. The van der Waals surface area contributed by atoms with Gasteiger partial charge in [0, 0.05) is 9.75 Å². The van der Waals surface area contributed by atoms with E-state index in [1.165, 1.54) is 9.75 Å². The van der Waals surface area contributed by atoms with Crippen LogP contribution in [0.15, 0.2) is 29.6 Å². The Morgan fingerprint density at radius 2 is 1.93 bits per heavy atom. The van der Waals surface area contributed by atoms with E-state index < -0.39 is 0 Å². The molecular weight excluding hydrogens is 228 g/mol. The third-order valence-corrected chi connectivity index (χ3v) is 4.42. The van der Waals surface area contributed by atoms with Gasteiger partial charge in [0.25, 0.3) is 0 Å². The van der Waals surface area contributed by atoms with E-state index in [-0.39, 0.29) is 6.29 Å². The van der Waals surface area contributed by atoms with Crippen LogP contribution in [0.2, 0.25) is 0 Å². The second-order valence-electron chi connectivity index (χ2n) is 3.25. The lowest BCUT2D eigenvalue weighted by Crippen LogP contribution is -1.93. The number of ether oxygens (including phenoxy) is 2. The normalized spacial score (nSPS) is 17.3. The number of hydrogen-bond donors (Lipinski definition) is 0. The van der Waals surface area contributed by atoms with Gasteiger partial charge in [-0.15, -0.1) is 22.7 Å². The quantitative estimate of drug-likeness (QED) is 0.797. The predicted octanol–water partition coefficient (Wildman–Crippen LogP) is 3.52. The van der Waals surface area contributed by atoms with Gasteiger partial charge in [-0.05, 0) is 23.6 Å². The minimum atomic E-state index is -0.135. The van der Waals surface area contributed by atoms with Crippen molar-refractivity contribution < 1.29 is 9.47 Å². The second-order valence-corrected chi connectivity index (χ2v) is 5.32. The van der Waals surface area contributed by atoms with Gasteiger partial charge >= 0.3 is 0 Å². The maximum atomic E-state index is 5.46. The van der Waals surface area contributed by atoms with Crippen molar-refractivity contribution in [3.05, 3.63) is 34.5 Å². The summed E-state index contributed by atoms with van der Waals surface area (Å²) in [7, 11) is 0. The van der Waals surface area contributed by atoms with Crippen molar-refractivity contribution in [2.75, 3.05) is 13.2 Å². The minimum absolute atomic E-state index is 0.135. The molecule has 1 saturated heterocycles. The second kappa shape index (κ2) is 4.06. The molecule has 0 aliphatic carbocycles. The molecule has 0 amide bonds. The number of rotatable bonds is 2. The maximum Gasteiger partial charge on any atom is 0.193 e. The van der Waals surface area contributed by atoms with E-state index in [2.05, 4.69) is 29.6 Å². The van der Waals surface area contributed by atoms with Crippen molar-refractivity contribution in [2.45, 2.75) is 6.29 Å². The van der Waals surface area contributed by atoms with Gasteiger partial charge in [0.05, 0.1) is 18.1 Å². The highest BCUT2D eigenvalue weighted by atomic mass is 32.1. The molecule has 2 aromatic rings. The van der Waals surface area contributed by atoms with E-state index in [1.54, 1.807) is 22.7 Å². The smallest absolute Gasteiger partial charge is 0.193 e. The first kappa shape index (κ1) is 9.54. The zero-order valence-electron chi connectivity index (χ0n) is 8.01. The van der Waals surface area contributed by atoms with E-state index >= 15 is 0 Å². The Hall–Kier alpha value is -0.680. The zero-order valence-corrected chi connectivity index (χ0v) is 9.64. The molecule has 3 heterocycles. The topological polar surface area (TPSA) is 18.5 Å². The molecule has 3 rings (SSSR count). The van der Waals surface area contributed by atoms with Gasteiger partial charge in [0.1, 0.15) is 0 Å². The molecule has 1 aliphatic rings. The summed E-state index contributed by atoms with van der Waals surface area (Å²) in [6.07, 6.45) is -0.135. The molecule has 1 fully saturated rings. The Kier molecular flexibility index (Phi) is 2.58. The van der Waals surface area contributed by atoms with Crippen molar-refractivity contribution in [2.24, 2.45) is 0 Å². The first-order valence-electron chi connectivity index (χ1n) is 4.80. The summed E-state index contributed by atoms with van der Waals surface area (Å²) in [5.41, 5.74) is 0. The molecule has 0 aromatic carbocycles. The molecule has 2 aromatic heterocycles. The Labute approximate surface area is 96.1 Å². The predicted molar refractivity (Wildman–Crippen MR) is 62.3 cm³/mol. The van der Waals surface area contributed by atoms with Crippen LogP contribution in [-0.4, -0.2) is 13.2 Å². The van der Waals surface area contributed by atoms with Crippen molar-refractivity contribution in [1.82, 2.24) is 0 Å². The SMILES string of the molecule is c1csc(-c2ccc(C3OCCO3)s2)c1. The van der Waals surface area contributed by atoms with Crippen molar-refractivity contribution in [3.8, 4) is 9.75 Å². The zero-order chi connectivity index (χ0) is 10.1. The lowest BCUT2D eigenvalue weighted by molar-refractivity contribution is -0.0413. The highest BCUT2D eigenvalue weighted by molar-refractivity contribution is 7.21. The standard InChI is InChI=1S/C11H10O2S2/c1-2-8(14-7-1)9-3-4-10(15-9)11-12-5-6-13-11/h1-4,7,11H,5-6H2. The van der Waals surface area contributed by atoms with Crippen molar-refractivity contribution in [1.29, 1.82) is 0 Å². The molecule has 78 valence electrons. The van der Waals surface area contributed by atoms with Gasteiger partial charge in [0.2, 0.25) is 0 Å². The minimum Gasteiger partial charge on any atom is -0.345 e. The average Bonchev–Trinajstić information content (AvgIpc) is 3.02. The third-order valence-electron chi connectivity index (χ3n) is 2.24. The highest BCUT2D eigenvalue weighted by Gasteiger charge is 2.20. The first-order chi connectivity index (χ1) is 7.43. The summed E-state index contributed by atoms with van der Waals surface area (Å²) in [5.74, 6) is 0. The van der Waals surface area contributed by atoms with Gasteiger partial charge in [-0.2, -0.15) is 0 Å². The lowest BCUT2D eigenvalue weighted by atomic mass is 10.3. The first-order valence-corrected chi connectivity index (χ1v) is 6.50. The molecule has 2 nitrogen and oxygen atoms in total. The maximum absolute atomic E-state index is 5.46. The van der Waals surface area contributed by atoms with Gasteiger partial charge in [-0.3, -0.25) is 0 Å². The fraction of sp³-hybridized carbons (Fsp3) is 0.273. The summed E-state index contributed by atoms with van der Waals surface area (Å²) < 4.78 is 10.9. The van der Waals surface area contributed by atoms with Crippen LogP contribution in [0.3, 0.4) is 0 Å². The lowest BCUT2D eigenvalue weighted by Gasteiger charge is -2.04.